The van der Waals surface area contributed by atoms with Crippen LogP contribution in [0, 0.1) is 0 Å². The smallest absolute Gasteiger partial charge is 0.361 e. The number of carbonyl (C=O) groups excluding carboxylic acids is 1. The first-order chi connectivity index (χ1) is 14.9. The van der Waals surface area contributed by atoms with Gasteiger partial charge in [0.25, 0.3) is 0 Å². The Morgan fingerprint density at radius 3 is 2.45 bits per heavy atom. The maximum absolute atomic E-state index is 13.3. The zero-order chi connectivity index (χ0) is 21.8. The minimum absolute atomic E-state index is 0.0377. The summed E-state index contributed by atoms with van der Waals surface area (Å²) in [7, 11) is 0. The SMILES string of the molecule is O=C(C[C@@H](c1cccc(C(F)(F)F)c1)c1c[nH]c2ccccc12)NCc1ccccc1. The van der Waals surface area contributed by atoms with Crippen LogP contribution >= 0.6 is 0 Å². The van der Waals surface area contributed by atoms with Gasteiger partial charge in [-0.3, -0.25) is 4.79 Å². The van der Waals surface area contributed by atoms with Gasteiger partial charge in [0.15, 0.2) is 0 Å². The molecule has 0 spiro atoms. The number of amides is 1. The number of benzene rings is 3. The summed E-state index contributed by atoms with van der Waals surface area (Å²) in [5.41, 5.74) is 2.36. The Balaban J connectivity index is 1.65. The number of hydrogen-bond acceptors (Lipinski definition) is 1. The van der Waals surface area contributed by atoms with Gasteiger partial charge in [0.05, 0.1) is 5.56 Å². The van der Waals surface area contributed by atoms with E-state index in [4.69, 9.17) is 0 Å². The van der Waals surface area contributed by atoms with Crippen molar-refractivity contribution in [2.45, 2.75) is 25.1 Å². The summed E-state index contributed by atoms with van der Waals surface area (Å²) in [6, 6.07) is 22.3. The van der Waals surface area contributed by atoms with Crippen LogP contribution in [0.1, 0.15) is 34.6 Å². The molecule has 158 valence electrons. The Morgan fingerprint density at radius 2 is 1.68 bits per heavy atom. The molecule has 2 N–H and O–H groups in total. The second-order valence-corrected chi connectivity index (χ2v) is 7.43. The lowest BCUT2D eigenvalue weighted by Crippen LogP contribution is -2.25. The minimum Gasteiger partial charge on any atom is -0.361 e. The van der Waals surface area contributed by atoms with Gasteiger partial charge in [0, 0.05) is 36.0 Å². The number of rotatable bonds is 6. The van der Waals surface area contributed by atoms with Crippen LogP contribution in [-0.4, -0.2) is 10.9 Å². The van der Waals surface area contributed by atoms with E-state index in [2.05, 4.69) is 10.3 Å². The van der Waals surface area contributed by atoms with Gasteiger partial charge in [-0.1, -0.05) is 66.7 Å². The van der Waals surface area contributed by atoms with Gasteiger partial charge >= 0.3 is 6.18 Å². The molecule has 1 heterocycles. The molecule has 4 aromatic rings. The van der Waals surface area contributed by atoms with Gasteiger partial charge in [-0.25, -0.2) is 0 Å². The van der Waals surface area contributed by atoms with E-state index in [0.717, 1.165) is 34.2 Å². The van der Waals surface area contributed by atoms with Crippen molar-refractivity contribution in [2.24, 2.45) is 0 Å². The third-order valence-corrected chi connectivity index (χ3v) is 5.34. The standard InChI is InChI=1S/C25H21F3N2O/c26-25(27,28)19-10-6-9-18(13-19)21(22-16-29-23-12-5-4-11-20(22)23)14-24(31)30-15-17-7-2-1-3-8-17/h1-13,16,21,29H,14-15H2,(H,30,31)/t21-/m0/s1. The molecule has 0 unspecified atom stereocenters. The van der Waals surface area contributed by atoms with Crippen LogP contribution in [-0.2, 0) is 17.5 Å². The molecular weight excluding hydrogens is 401 g/mol. The highest BCUT2D eigenvalue weighted by Crippen LogP contribution is 2.36. The van der Waals surface area contributed by atoms with Crippen LogP contribution in [0.15, 0.2) is 85.1 Å². The second kappa shape index (κ2) is 8.68. The normalized spacial score (nSPS) is 12.6. The number of para-hydroxylation sites is 1. The maximum atomic E-state index is 13.3. The second-order valence-electron chi connectivity index (χ2n) is 7.43. The van der Waals surface area contributed by atoms with Gasteiger partial charge in [-0.05, 0) is 28.8 Å². The zero-order valence-corrected chi connectivity index (χ0v) is 16.6. The van der Waals surface area contributed by atoms with E-state index in [1.165, 1.54) is 6.07 Å². The lowest BCUT2D eigenvalue weighted by atomic mass is 9.87. The van der Waals surface area contributed by atoms with Gasteiger partial charge in [-0.15, -0.1) is 0 Å². The van der Waals surface area contributed by atoms with Crippen molar-refractivity contribution < 1.29 is 18.0 Å². The highest BCUT2D eigenvalue weighted by atomic mass is 19.4. The topological polar surface area (TPSA) is 44.9 Å². The third kappa shape index (κ3) is 4.79. The molecule has 6 heteroatoms. The van der Waals surface area contributed by atoms with Crippen molar-refractivity contribution in [2.75, 3.05) is 0 Å². The Morgan fingerprint density at radius 1 is 0.935 bits per heavy atom. The fraction of sp³-hybridized carbons (Fsp3) is 0.160. The first-order valence-electron chi connectivity index (χ1n) is 9.95. The van der Waals surface area contributed by atoms with Crippen LogP contribution < -0.4 is 5.32 Å². The molecule has 0 fully saturated rings. The molecule has 0 saturated heterocycles. The molecule has 1 atom stereocenters. The summed E-state index contributed by atoms with van der Waals surface area (Å²) in [6.07, 6.45) is -2.63. The molecule has 3 nitrogen and oxygen atoms in total. The number of aromatic nitrogens is 1. The molecule has 0 saturated carbocycles. The van der Waals surface area contributed by atoms with Crippen LogP contribution in [0.3, 0.4) is 0 Å². The van der Waals surface area contributed by atoms with Gasteiger partial charge in [-0.2, -0.15) is 13.2 Å². The summed E-state index contributed by atoms with van der Waals surface area (Å²) in [5, 5.41) is 3.77. The minimum atomic E-state index is -4.45. The molecule has 0 aliphatic rings. The lowest BCUT2D eigenvalue weighted by Gasteiger charge is -2.19. The van der Waals surface area contributed by atoms with Crippen molar-refractivity contribution in [3.05, 3.63) is 107 Å². The number of H-pyrrole nitrogens is 1. The van der Waals surface area contributed by atoms with E-state index in [1.54, 1.807) is 12.3 Å². The molecule has 1 aromatic heterocycles. The number of halogens is 3. The third-order valence-electron chi connectivity index (χ3n) is 5.34. The number of hydrogen-bond donors (Lipinski definition) is 2. The van der Waals surface area contributed by atoms with Gasteiger partial charge in [0.2, 0.25) is 5.91 Å². The molecule has 3 aromatic carbocycles. The summed E-state index contributed by atoms with van der Waals surface area (Å²) in [4.78, 5) is 15.9. The largest absolute Gasteiger partial charge is 0.416 e. The first kappa shape index (κ1) is 20.7. The van der Waals surface area contributed by atoms with Crippen LogP contribution in [0.4, 0.5) is 13.2 Å². The van der Waals surface area contributed by atoms with E-state index < -0.39 is 17.7 Å². The lowest BCUT2D eigenvalue weighted by molar-refractivity contribution is -0.137. The number of carbonyl (C=O) groups is 1. The fourth-order valence-electron chi connectivity index (χ4n) is 3.78. The highest BCUT2D eigenvalue weighted by molar-refractivity contribution is 5.86. The molecule has 31 heavy (non-hydrogen) atoms. The van der Waals surface area contributed by atoms with Crippen LogP contribution in [0.25, 0.3) is 10.9 Å². The van der Waals surface area contributed by atoms with Crippen LogP contribution in [0.5, 0.6) is 0 Å². The number of nitrogens with one attached hydrogen (secondary N) is 2. The van der Waals surface area contributed by atoms with Crippen molar-refractivity contribution in [3.63, 3.8) is 0 Å². The Kier molecular flexibility index (Phi) is 5.80. The van der Waals surface area contributed by atoms with E-state index in [1.807, 2.05) is 54.6 Å². The summed E-state index contributed by atoms with van der Waals surface area (Å²) < 4.78 is 39.9. The Labute approximate surface area is 177 Å². The van der Waals surface area contributed by atoms with Crippen LogP contribution in [0.2, 0.25) is 0 Å². The van der Waals surface area contributed by atoms with E-state index >= 15 is 0 Å². The summed E-state index contributed by atoms with van der Waals surface area (Å²) in [5.74, 6) is -0.745. The van der Waals surface area contributed by atoms with E-state index in [0.29, 0.717) is 12.1 Å². The molecule has 0 aliphatic heterocycles. The van der Waals surface area contributed by atoms with E-state index in [-0.39, 0.29) is 12.3 Å². The predicted molar refractivity (Wildman–Crippen MR) is 114 cm³/mol. The molecule has 1 amide bonds. The molecule has 4 rings (SSSR count). The quantitative estimate of drug-likeness (QED) is 0.392. The van der Waals surface area contributed by atoms with Crippen molar-refractivity contribution in [1.29, 1.82) is 0 Å². The summed E-state index contributed by atoms with van der Waals surface area (Å²) >= 11 is 0. The van der Waals surface area contributed by atoms with Gasteiger partial charge < -0.3 is 10.3 Å². The maximum Gasteiger partial charge on any atom is 0.416 e. The Bertz CT molecular complexity index is 1180. The van der Waals surface area contributed by atoms with Gasteiger partial charge in [0.1, 0.15) is 0 Å². The fourth-order valence-corrected chi connectivity index (χ4v) is 3.78. The number of aromatic amines is 1. The molecule has 0 radical (unpaired) electrons. The number of fused-ring (bicyclic) bond motifs is 1. The first-order valence-corrected chi connectivity index (χ1v) is 9.95. The molecule has 0 aliphatic carbocycles. The number of alkyl halides is 3. The molecular formula is C25H21F3N2O. The average molecular weight is 422 g/mol. The highest BCUT2D eigenvalue weighted by Gasteiger charge is 2.31. The summed E-state index contributed by atoms with van der Waals surface area (Å²) in [6.45, 7) is 0.364. The molecule has 0 bridgehead atoms. The Hall–Kier alpha value is -3.54. The van der Waals surface area contributed by atoms with Crippen molar-refractivity contribution >= 4 is 16.8 Å². The average Bonchev–Trinajstić information content (AvgIpc) is 3.20. The predicted octanol–water partition coefficient (Wildman–Crippen LogP) is 6.03. The van der Waals surface area contributed by atoms with Crippen molar-refractivity contribution in [3.8, 4) is 0 Å². The zero-order valence-electron chi connectivity index (χ0n) is 16.6. The van der Waals surface area contributed by atoms with Crippen molar-refractivity contribution in [1.82, 2.24) is 10.3 Å². The monoisotopic (exact) mass is 422 g/mol. The van der Waals surface area contributed by atoms with E-state index in [9.17, 15) is 18.0 Å².